The zero-order chi connectivity index (χ0) is 27.6. The second kappa shape index (κ2) is 10.8. The SMILES string of the molecule is NC(=O)c1cc[n+](CC2=C(C(=O)[O-])N3C(=O)C(NC(=O)/C(=N\OCC(=O)O)c4nsc(N)n4)[C@H]3SC2)cc1. The molecule has 1 fully saturated rings. The van der Waals surface area contributed by atoms with Crippen molar-refractivity contribution in [3.63, 3.8) is 0 Å². The number of primary amides is 1. The number of anilines is 1. The summed E-state index contributed by atoms with van der Waals surface area (Å²) in [5.74, 6) is -5.24. The van der Waals surface area contributed by atoms with Gasteiger partial charge in [0.1, 0.15) is 11.4 Å². The summed E-state index contributed by atoms with van der Waals surface area (Å²) >= 11 is 1.97. The number of hydrogen-bond acceptors (Lipinski definition) is 13. The topological polar surface area (TPSA) is 247 Å². The van der Waals surface area contributed by atoms with Crippen LogP contribution in [0.2, 0.25) is 0 Å². The van der Waals surface area contributed by atoms with Crippen LogP contribution in [-0.4, -0.2) is 78.5 Å². The zero-order valence-electron chi connectivity index (χ0n) is 19.1. The average Bonchev–Trinajstić information content (AvgIpc) is 3.30. The maximum atomic E-state index is 12.9. The number of nitrogens with one attached hydrogen (secondary N) is 1. The third kappa shape index (κ3) is 5.39. The molecular formula is C20H18N8O8S2. The van der Waals surface area contributed by atoms with Crippen molar-refractivity contribution >= 4 is 63.8 Å². The van der Waals surface area contributed by atoms with Gasteiger partial charge < -0.3 is 36.6 Å². The van der Waals surface area contributed by atoms with Gasteiger partial charge in [-0.1, -0.05) is 5.16 Å². The summed E-state index contributed by atoms with van der Waals surface area (Å²) in [7, 11) is 0. The highest BCUT2D eigenvalue weighted by Gasteiger charge is 2.53. The van der Waals surface area contributed by atoms with E-state index < -0.39 is 53.4 Å². The van der Waals surface area contributed by atoms with Gasteiger partial charge in [0, 0.05) is 35.0 Å². The standard InChI is InChI=1S/C20H18N8O8S2/c21-14(31)8-1-3-27(4-2-8)5-9-7-37-18-12(17(33)28(18)13(9)19(34)35)23-16(32)11(25-36-6-10(29)30)15-24-20(22)38-26-15/h1-4,12,18H,5-7H2,(H6-,21,22,23,24,26,29,30,31,32,34,35)/b25-11-/t12?,18-/m1/s1. The van der Waals surface area contributed by atoms with Gasteiger partial charge in [-0.15, -0.1) is 11.8 Å². The Balaban J connectivity index is 1.52. The molecule has 4 rings (SSSR count). The van der Waals surface area contributed by atoms with E-state index in [2.05, 4.69) is 24.7 Å². The largest absolute Gasteiger partial charge is 0.543 e. The molecule has 1 saturated heterocycles. The molecule has 38 heavy (non-hydrogen) atoms. The number of aromatic nitrogens is 3. The van der Waals surface area contributed by atoms with Crippen molar-refractivity contribution in [2.45, 2.75) is 18.0 Å². The molecule has 2 aliphatic rings. The lowest BCUT2D eigenvalue weighted by Gasteiger charge is -2.50. The lowest BCUT2D eigenvalue weighted by Crippen LogP contribution is -2.71. The van der Waals surface area contributed by atoms with Gasteiger partial charge in [-0.2, -0.15) is 9.36 Å². The molecule has 0 radical (unpaired) electrons. The average molecular weight is 563 g/mol. The number of hydrogen-bond donors (Lipinski definition) is 4. The van der Waals surface area contributed by atoms with Gasteiger partial charge in [-0.3, -0.25) is 19.3 Å². The molecule has 3 amide bonds. The Kier molecular flexibility index (Phi) is 7.53. The summed E-state index contributed by atoms with van der Waals surface area (Å²) in [5, 5.41) is 25.9. The minimum absolute atomic E-state index is 0.00543. The highest BCUT2D eigenvalue weighted by Crippen LogP contribution is 2.40. The van der Waals surface area contributed by atoms with Crippen LogP contribution < -0.4 is 26.5 Å². The second-order valence-corrected chi connectivity index (χ2v) is 9.68. The summed E-state index contributed by atoms with van der Waals surface area (Å²) in [4.78, 5) is 69.3. The molecule has 0 aromatic carbocycles. The number of aliphatic carboxylic acids is 2. The number of rotatable bonds is 10. The fraction of sp³-hybridized carbons (Fsp3) is 0.250. The first-order valence-corrected chi connectivity index (χ1v) is 12.4. The number of amides is 3. The van der Waals surface area contributed by atoms with Crippen molar-refractivity contribution in [3.05, 3.63) is 47.2 Å². The van der Waals surface area contributed by atoms with Crippen molar-refractivity contribution in [1.82, 2.24) is 19.6 Å². The summed E-state index contributed by atoms with van der Waals surface area (Å²) < 4.78 is 5.46. The predicted octanol–water partition coefficient (Wildman–Crippen LogP) is -3.58. The molecular weight excluding hydrogens is 544 g/mol. The van der Waals surface area contributed by atoms with Crippen molar-refractivity contribution in [2.75, 3.05) is 18.1 Å². The van der Waals surface area contributed by atoms with E-state index in [-0.39, 0.29) is 34.5 Å². The second-order valence-electron chi connectivity index (χ2n) is 7.79. The Bertz CT molecular complexity index is 1390. The number of oxime groups is 1. The van der Waals surface area contributed by atoms with E-state index >= 15 is 0 Å². The van der Waals surface area contributed by atoms with Crippen LogP contribution in [0.3, 0.4) is 0 Å². The van der Waals surface area contributed by atoms with E-state index in [9.17, 15) is 29.1 Å². The zero-order valence-corrected chi connectivity index (χ0v) is 20.7. The van der Waals surface area contributed by atoms with E-state index in [1.165, 1.54) is 23.9 Å². The summed E-state index contributed by atoms with van der Waals surface area (Å²) in [6.45, 7) is -0.756. The Hall–Kier alpha value is -4.58. The van der Waals surface area contributed by atoms with Gasteiger partial charge in [-0.05, 0) is 0 Å². The third-order valence-corrected chi connectivity index (χ3v) is 7.17. The summed E-state index contributed by atoms with van der Waals surface area (Å²) in [6.07, 6.45) is 3.09. The van der Waals surface area contributed by atoms with Crippen LogP contribution in [0.15, 0.2) is 41.0 Å². The van der Waals surface area contributed by atoms with E-state index in [1.807, 2.05) is 0 Å². The minimum atomic E-state index is -1.57. The molecule has 6 N–H and O–H groups in total. The number of carboxylic acids is 2. The number of thioether (sulfide) groups is 1. The van der Waals surface area contributed by atoms with Crippen LogP contribution in [0.25, 0.3) is 0 Å². The number of pyridine rings is 1. The molecule has 198 valence electrons. The molecule has 2 aliphatic heterocycles. The first-order valence-electron chi connectivity index (χ1n) is 10.6. The van der Waals surface area contributed by atoms with E-state index in [4.69, 9.17) is 16.6 Å². The molecule has 18 heteroatoms. The Morgan fingerprint density at radius 1 is 1.32 bits per heavy atom. The quantitative estimate of drug-likeness (QED) is 0.0950. The molecule has 0 spiro atoms. The summed E-state index contributed by atoms with van der Waals surface area (Å²) in [5.41, 5.74) is 10.6. The monoisotopic (exact) mass is 562 g/mol. The van der Waals surface area contributed by atoms with Crippen molar-refractivity contribution in [1.29, 1.82) is 0 Å². The van der Waals surface area contributed by atoms with Crippen LogP contribution in [0, 0.1) is 0 Å². The number of carbonyl (C=O) groups is 5. The highest BCUT2D eigenvalue weighted by molar-refractivity contribution is 8.00. The highest BCUT2D eigenvalue weighted by atomic mass is 32.2. The Morgan fingerprint density at radius 3 is 2.61 bits per heavy atom. The maximum Gasteiger partial charge on any atom is 0.344 e. The van der Waals surface area contributed by atoms with E-state index in [0.29, 0.717) is 5.57 Å². The van der Waals surface area contributed by atoms with Gasteiger partial charge in [0.15, 0.2) is 24.1 Å². The molecule has 0 aliphatic carbocycles. The maximum absolute atomic E-state index is 12.9. The minimum Gasteiger partial charge on any atom is -0.543 e. The summed E-state index contributed by atoms with van der Waals surface area (Å²) in [6, 6.07) is 1.82. The van der Waals surface area contributed by atoms with Crippen molar-refractivity contribution in [3.8, 4) is 0 Å². The smallest absolute Gasteiger partial charge is 0.344 e. The van der Waals surface area contributed by atoms with Gasteiger partial charge in [0.25, 0.3) is 11.8 Å². The molecule has 4 heterocycles. The molecule has 2 aromatic heterocycles. The Morgan fingerprint density at radius 2 is 2.03 bits per heavy atom. The van der Waals surface area contributed by atoms with Gasteiger partial charge in [0.2, 0.25) is 24.1 Å². The first-order chi connectivity index (χ1) is 18.1. The lowest BCUT2D eigenvalue weighted by atomic mass is 10.0. The first kappa shape index (κ1) is 26.5. The molecule has 16 nitrogen and oxygen atoms in total. The number of nitrogen functional groups attached to an aromatic ring is 1. The van der Waals surface area contributed by atoms with E-state index in [1.54, 1.807) is 17.0 Å². The molecule has 2 atom stereocenters. The Labute approximate surface area is 221 Å². The van der Waals surface area contributed by atoms with Crippen molar-refractivity contribution in [2.24, 2.45) is 10.9 Å². The lowest BCUT2D eigenvalue weighted by molar-refractivity contribution is -0.689. The fourth-order valence-electron chi connectivity index (χ4n) is 3.62. The molecule has 1 unspecified atom stereocenters. The number of carbonyl (C=O) groups excluding carboxylic acids is 4. The number of fused-ring (bicyclic) bond motifs is 1. The number of carboxylic acid groups (broad SMARTS) is 2. The van der Waals surface area contributed by atoms with Gasteiger partial charge in [0.05, 0.1) is 17.2 Å². The number of nitrogens with zero attached hydrogens (tertiary/aromatic N) is 5. The van der Waals surface area contributed by atoms with Crippen LogP contribution >= 0.6 is 23.3 Å². The van der Waals surface area contributed by atoms with Gasteiger partial charge in [-0.25, -0.2) is 9.36 Å². The van der Waals surface area contributed by atoms with Crippen LogP contribution in [0.4, 0.5) is 5.13 Å². The number of β-lactam (4-membered cyclic amide) rings is 1. The van der Waals surface area contributed by atoms with Crippen molar-refractivity contribution < 1.29 is 43.6 Å². The molecule has 0 saturated carbocycles. The predicted molar refractivity (Wildman–Crippen MR) is 127 cm³/mol. The number of nitrogens with two attached hydrogens (primary N) is 2. The normalized spacial score (nSPS) is 18.9. The van der Waals surface area contributed by atoms with Crippen LogP contribution in [0.5, 0.6) is 0 Å². The third-order valence-electron chi connectivity index (χ3n) is 5.29. The van der Waals surface area contributed by atoms with Gasteiger partial charge >= 0.3 is 5.97 Å². The fourth-order valence-corrected chi connectivity index (χ4v) is 5.39. The van der Waals surface area contributed by atoms with Crippen LogP contribution in [-0.2, 0) is 30.6 Å². The van der Waals surface area contributed by atoms with E-state index in [0.717, 1.165) is 16.4 Å². The molecule has 2 aromatic rings. The van der Waals surface area contributed by atoms with Crippen LogP contribution in [0.1, 0.15) is 16.2 Å². The molecule has 0 bridgehead atoms.